The maximum Gasteiger partial charge on any atom is 0.271 e. The number of phenolic OH excluding ortho intramolecular Hbond substituents is 1. The lowest BCUT2D eigenvalue weighted by molar-refractivity contribution is -0.384. The summed E-state index contributed by atoms with van der Waals surface area (Å²) in [7, 11) is 0. The van der Waals surface area contributed by atoms with Gasteiger partial charge in [-0.25, -0.2) is 5.43 Å². The molecule has 2 N–H and O–H groups in total. The third-order valence-electron chi connectivity index (χ3n) is 3.05. The number of ether oxygens (including phenoxy) is 1. The molecule has 25 heavy (non-hydrogen) atoms. The first-order valence-corrected chi connectivity index (χ1v) is 7.94. The second kappa shape index (κ2) is 8.25. The Labute approximate surface area is 151 Å². The molecule has 0 spiro atoms. The van der Waals surface area contributed by atoms with Crippen LogP contribution in [0.15, 0.2) is 46.0 Å². The topological polar surface area (TPSA) is 114 Å². The molecule has 0 atom stereocenters. The van der Waals surface area contributed by atoms with Gasteiger partial charge in [0.05, 0.1) is 22.2 Å². The third kappa shape index (κ3) is 4.77. The highest BCUT2D eigenvalue weighted by atomic mass is 79.9. The van der Waals surface area contributed by atoms with E-state index in [-0.39, 0.29) is 22.7 Å². The number of benzene rings is 2. The molecule has 8 nitrogen and oxygen atoms in total. The quantitative estimate of drug-likeness (QED) is 0.433. The van der Waals surface area contributed by atoms with E-state index in [1.807, 2.05) is 0 Å². The number of amides is 1. The summed E-state index contributed by atoms with van der Waals surface area (Å²) in [4.78, 5) is 22.1. The first-order chi connectivity index (χ1) is 11.9. The fraction of sp³-hybridized carbons (Fsp3) is 0.125. The van der Waals surface area contributed by atoms with Crippen molar-refractivity contribution in [3.8, 4) is 11.5 Å². The zero-order valence-electron chi connectivity index (χ0n) is 13.1. The summed E-state index contributed by atoms with van der Waals surface area (Å²) in [5.74, 6) is -0.328. The predicted molar refractivity (Wildman–Crippen MR) is 95.1 cm³/mol. The van der Waals surface area contributed by atoms with Crippen LogP contribution in [0.1, 0.15) is 22.8 Å². The van der Waals surface area contributed by atoms with Crippen molar-refractivity contribution in [2.75, 3.05) is 6.61 Å². The van der Waals surface area contributed by atoms with E-state index < -0.39 is 10.8 Å². The molecule has 9 heteroatoms. The summed E-state index contributed by atoms with van der Waals surface area (Å²) in [6, 6.07) is 8.48. The van der Waals surface area contributed by atoms with Gasteiger partial charge in [0.2, 0.25) is 0 Å². The Kier molecular flexibility index (Phi) is 6.07. The van der Waals surface area contributed by atoms with Gasteiger partial charge in [0.15, 0.2) is 11.5 Å². The molecule has 130 valence electrons. The number of aromatic hydroxyl groups is 1. The van der Waals surface area contributed by atoms with Crippen molar-refractivity contribution < 1.29 is 19.6 Å². The monoisotopic (exact) mass is 407 g/mol. The zero-order chi connectivity index (χ0) is 18.4. The molecule has 0 unspecified atom stereocenters. The third-order valence-corrected chi connectivity index (χ3v) is 3.65. The Morgan fingerprint density at radius 1 is 1.44 bits per heavy atom. The summed E-state index contributed by atoms with van der Waals surface area (Å²) < 4.78 is 5.72. The number of nitro benzene ring substituents is 1. The fourth-order valence-electron chi connectivity index (χ4n) is 1.92. The molecule has 0 fully saturated rings. The second-order valence-corrected chi connectivity index (χ2v) is 5.64. The number of hydrogen-bond donors (Lipinski definition) is 2. The minimum atomic E-state index is -0.581. The van der Waals surface area contributed by atoms with Crippen molar-refractivity contribution in [2.24, 2.45) is 5.10 Å². The van der Waals surface area contributed by atoms with Crippen molar-refractivity contribution in [1.29, 1.82) is 0 Å². The van der Waals surface area contributed by atoms with Gasteiger partial charge in [-0.05, 0) is 46.6 Å². The number of nitro groups is 1. The van der Waals surface area contributed by atoms with E-state index in [0.29, 0.717) is 16.6 Å². The SMILES string of the molecule is CCOc1cc(/C=N/NC(=O)c2cccc([N+](=O)[O-])c2)cc(Br)c1O. The molecule has 0 aliphatic carbocycles. The van der Waals surface area contributed by atoms with Crippen LogP contribution in [-0.4, -0.2) is 28.8 Å². The van der Waals surface area contributed by atoms with Crippen LogP contribution in [0.4, 0.5) is 5.69 Å². The van der Waals surface area contributed by atoms with E-state index in [2.05, 4.69) is 26.5 Å². The van der Waals surface area contributed by atoms with Crippen molar-refractivity contribution in [1.82, 2.24) is 5.43 Å². The van der Waals surface area contributed by atoms with Crippen LogP contribution in [0.5, 0.6) is 11.5 Å². The van der Waals surface area contributed by atoms with E-state index in [9.17, 15) is 20.0 Å². The molecule has 0 heterocycles. The Morgan fingerprint density at radius 3 is 2.88 bits per heavy atom. The lowest BCUT2D eigenvalue weighted by atomic mass is 10.2. The summed E-state index contributed by atoms with van der Waals surface area (Å²) in [5.41, 5.74) is 2.80. The van der Waals surface area contributed by atoms with E-state index in [1.54, 1.807) is 19.1 Å². The number of non-ortho nitro benzene ring substituents is 1. The number of nitrogens with one attached hydrogen (secondary N) is 1. The second-order valence-electron chi connectivity index (χ2n) is 4.79. The minimum Gasteiger partial charge on any atom is -0.503 e. The average molecular weight is 408 g/mol. The Morgan fingerprint density at radius 2 is 2.20 bits per heavy atom. The zero-order valence-corrected chi connectivity index (χ0v) is 14.7. The molecule has 0 saturated carbocycles. The standard InChI is InChI=1S/C16H14BrN3O5/c1-2-25-14-7-10(6-13(17)15(14)21)9-18-19-16(22)11-4-3-5-12(8-11)20(23)24/h3-9,21H,2H2,1H3,(H,19,22)/b18-9+. The maximum atomic E-state index is 12.0. The molecule has 1 amide bonds. The maximum absolute atomic E-state index is 12.0. The number of hydrogen-bond acceptors (Lipinski definition) is 6. The van der Waals surface area contributed by atoms with Crippen LogP contribution in [-0.2, 0) is 0 Å². The van der Waals surface area contributed by atoms with Gasteiger partial charge in [-0.3, -0.25) is 14.9 Å². The van der Waals surface area contributed by atoms with Gasteiger partial charge in [-0.1, -0.05) is 6.07 Å². The van der Waals surface area contributed by atoms with E-state index in [0.717, 1.165) is 6.07 Å². The highest BCUT2D eigenvalue weighted by molar-refractivity contribution is 9.10. The fourth-order valence-corrected chi connectivity index (χ4v) is 2.38. The Bertz CT molecular complexity index is 839. The van der Waals surface area contributed by atoms with Gasteiger partial charge in [0, 0.05) is 17.7 Å². The van der Waals surface area contributed by atoms with Gasteiger partial charge in [0.25, 0.3) is 11.6 Å². The van der Waals surface area contributed by atoms with E-state index in [1.165, 1.54) is 24.4 Å². The molecule has 2 aromatic carbocycles. The first kappa shape index (κ1) is 18.4. The molecule has 0 aromatic heterocycles. The van der Waals surface area contributed by atoms with Crippen LogP contribution < -0.4 is 10.2 Å². The first-order valence-electron chi connectivity index (χ1n) is 7.15. The summed E-state index contributed by atoms with van der Waals surface area (Å²) in [6.45, 7) is 2.16. The number of carbonyl (C=O) groups excluding carboxylic acids is 1. The van der Waals surface area contributed by atoms with Crippen LogP contribution in [0, 0.1) is 10.1 Å². The molecule has 2 aromatic rings. The summed E-state index contributed by atoms with van der Waals surface area (Å²) in [6.07, 6.45) is 1.36. The smallest absolute Gasteiger partial charge is 0.271 e. The van der Waals surface area contributed by atoms with Crippen LogP contribution in [0.3, 0.4) is 0 Å². The molecule has 2 rings (SSSR count). The van der Waals surface area contributed by atoms with Crippen LogP contribution >= 0.6 is 15.9 Å². The molecule has 0 aliphatic rings. The number of nitrogens with zero attached hydrogens (tertiary/aromatic N) is 2. The Balaban J connectivity index is 2.11. The molecule has 0 saturated heterocycles. The highest BCUT2D eigenvalue weighted by Crippen LogP contribution is 2.35. The lowest BCUT2D eigenvalue weighted by Crippen LogP contribution is -2.17. The van der Waals surface area contributed by atoms with Crippen molar-refractivity contribution in [3.05, 3.63) is 62.1 Å². The highest BCUT2D eigenvalue weighted by Gasteiger charge is 2.11. The molecule has 0 radical (unpaired) electrons. The number of rotatable bonds is 6. The van der Waals surface area contributed by atoms with Gasteiger partial charge in [0.1, 0.15) is 0 Å². The average Bonchev–Trinajstić information content (AvgIpc) is 2.59. The number of phenols is 1. The number of halogens is 1. The normalized spacial score (nSPS) is 10.6. The van der Waals surface area contributed by atoms with E-state index in [4.69, 9.17) is 4.74 Å². The van der Waals surface area contributed by atoms with Gasteiger partial charge in [-0.2, -0.15) is 5.10 Å². The van der Waals surface area contributed by atoms with Crippen molar-refractivity contribution in [3.63, 3.8) is 0 Å². The molecule has 0 aliphatic heterocycles. The van der Waals surface area contributed by atoms with Crippen LogP contribution in [0.2, 0.25) is 0 Å². The Hall–Kier alpha value is -2.94. The van der Waals surface area contributed by atoms with E-state index >= 15 is 0 Å². The number of hydrazone groups is 1. The lowest BCUT2D eigenvalue weighted by Gasteiger charge is -2.08. The van der Waals surface area contributed by atoms with Gasteiger partial charge in [-0.15, -0.1) is 0 Å². The summed E-state index contributed by atoms with van der Waals surface area (Å²) in [5, 5.41) is 24.4. The predicted octanol–water partition coefficient (Wildman–Crippen LogP) is 3.23. The van der Waals surface area contributed by atoms with Crippen molar-refractivity contribution >= 4 is 33.7 Å². The summed E-state index contributed by atoms with van der Waals surface area (Å²) >= 11 is 3.20. The minimum absolute atomic E-state index is 0.0281. The molecular formula is C16H14BrN3O5. The molecular weight excluding hydrogens is 394 g/mol. The van der Waals surface area contributed by atoms with Gasteiger partial charge < -0.3 is 9.84 Å². The largest absolute Gasteiger partial charge is 0.503 e. The number of carbonyl (C=O) groups is 1. The van der Waals surface area contributed by atoms with Crippen molar-refractivity contribution in [2.45, 2.75) is 6.92 Å². The van der Waals surface area contributed by atoms with Crippen LogP contribution in [0.25, 0.3) is 0 Å². The van der Waals surface area contributed by atoms with Gasteiger partial charge >= 0.3 is 0 Å². The molecule has 0 bridgehead atoms.